The normalized spacial score (nSPS) is 11.9. The summed E-state index contributed by atoms with van der Waals surface area (Å²) in [7, 11) is 0. The summed E-state index contributed by atoms with van der Waals surface area (Å²) in [6.07, 6.45) is 0. The zero-order valence-corrected chi connectivity index (χ0v) is 12.0. The molecule has 2 N–H and O–H groups in total. The van der Waals surface area contributed by atoms with Crippen LogP contribution in [0, 0.1) is 13.8 Å². The predicted octanol–water partition coefficient (Wildman–Crippen LogP) is 4.17. The van der Waals surface area contributed by atoms with Gasteiger partial charge < -0.3 is 10.4 Å². The van der Waals surface area contributed by atoms with E-state index in [0.717, 1.165) is 5.56 Å². The lowest BCUT2D eigenvalue weighted by Gasteiger charge is -2.18. The first-order valence-electron chi connectivity index (χ1n) is 6.65. The van der Waals surface area contributed by atoms with Crippen LogP contribution in [0.5, 0.6) is 0 Å². The van der Waals surface area contributed by atoms with E-state index < -0.39 is 5.97 Å². The van der Waals surface area contributed by atoms with Crippen LogP contribution in [-0.2, 0) is 0 Å². The summed E-state index contributed by atoms with van der Waals surface area (Å²) in [5.41, 5.74) is 4.58. The molecular weight excluding hydrogens is 250 g/mol. The second kappa shape index (κ2) is 5.78. The molecule has 0 saturated carbocycles. The van der Waals surface area contributed by atoms with Gasteiger partial charge in [0.15, 0.2) is 0 Å². The fourth-order valence-corrected chi connectivity index (χ4v) is 2.15. The largest absolute Gasteiger partial charge is 0.478 e. The topological polar surface area (TPSA) is 49.3 Å². The number of aryl methyl sites for hydroxylation is 2. The molecule has 0 heterocycles. The average Bonchev–Trinajstić information content (AvgIpc) is 2.42. The van der Waals surface area contributed by atoms with Crippen LogP contribution in [0.3, 0.4) is 0 Å². The van der Waals surface area contributed by atoms with Gasteiger partial charge in [0, 0.05) is 11.7 Å². The molecule has 0 amide bonds. The Morgan fingerprint density at radius 3 is 2.45 bits per heavy atom. The Labute approximate surface area is 119 Å². The number of benzene rings is 2. The Kier molecular flexibility index (Phi) is 4.08. The van der Waals surface area contributed by atoms with E-state index in [9.17, 15) is 9.90 Å². The van der Waals surface area contributed by atoms with Gasteiger partial charge in [-0.3, -0.25) is 0 Å². The minimum absolute atomic E-state index is 0.0507. The van der Waals surface area contributed by atoms with Crippen LogP contribution in [0.4, 0.5) is 5.69 Å². The molecule has 0 saturated heterocycles. The minimum Gasteiger partial charge on any atom is -0.478 e. The van der Waals surface area contributed by atoms with E-state index in [1.54, 1.807) is 18.2 Å². The number of carbonyl (C=O) groups is 1. The predicted molar refractivity (Wildman–Crippen MR) is 81.4 cm³/mol. The molecule has 1 unspecified atom stereocenters. The fraction of sp³-hybridized carbons (Fsp3) is 0.235. The van der Waals surface area contributed by atoms with Gasteiger partial charge in [-0.05, 0) is 49.6 Å². The highest BCUT2D eigenvalue weighted by Crippen LogP contribution is 2.23. The number of para-hydroxylation sites is 1. The van der Waals surface area contributed by atoms with Crippen molar-refractivity contribution >= 4 is 11.7 Å². The van der Waals surface area contributed by atoms with Gasteiger partial charge in [-0.1, -0.05) is 30.3 Å². The molecule has 0 bridgehead atoms. The smallest absolute Gasteiger partial charge is 0.337 e. The van der Waals surface area contributed by atoms with Gasteiger partial charge in [-0.15, -0.1) is 0 Å². The maximum atomic E-state index is 11.2. The second-order valence-electron chi connectivity index (χ2n) is 5.06. The van der Waals surface area contributed by atoms with Crippen molar-refractivity contribution < 1.29 is 9.90 Å². The summed E-state index contributed by atoms with van der Waals surface area (Å²) < 4.78 is 0. The zero-order valence-electron chi connectivity index (χ0n) is 12.0. The van der Waals surface area contributed by atoms with Crippen molar-refractivity contribution in [1.82, 2.24) is 0 Å². The number of hydrogen-bond donors (Lipinski definition) is 2. The second-order valence-corrected chi connectivity index (χ2v) is 5.06. The van der Waals surface area contributed by atoms with Crippen molar-refractivity contribution in [3.05, 3.63) is 64.7 Å². The third-order valence-corrected chi connectivity index (χ3v) is 3.56. The molecule has 2 aromatic rings. The van der Waals surface area contributed by atoms with E-state index in [2.05, 4.69) is 37.4 Å². The lowest BCUT2D eigenvalue weighted by molar-refractivity contribution is 0.0698. The van der Waals surface area contributed by atoms with Crippen LogP contribution >= 0.6 is 0 Å². The van der Waals surface area contributed by atoms with Gasteiger partial charge in [-0.2, -0.15) is 0 Å². The van der Waals surface area contributed by atoms with Crippen LogP contribution in [0.2, 0.25) is 0 Å². The van der Waals surface area contributed by atoms with E-state index in [1.807, 2.05) is 13.0 Å². The van der Waals surface area contributed by atoms with Crippen molar-refractivity contribution in [2.24, 2.45) is 0 Å². The first-order chi connectivity index (χ1) is 9.49. The number of carboxylic acids is 1. The molecule has 0 aromatic heterocycles. The van der Waals surface area contributed by atoms with E-state index in [1.165, 1.54) is 11.1 Å². The highest BCUT2D eigenvalue weighted by Gasteiger charge is 2.12. The number of carboxylic acid groups (broad SMARTS) is 1. The van der Waals surface area contributed by atoms with E-state index >= 15 is 0 Å². The van der Waals surface area contributed by atoms with Gasteiger partial charge in [-0.25, -0.2) is 4.79 Å². The summed E-state index contributed by atoms with van der Waals surface area (Å²) in [4.78, 5) is 11.2. The number of hydrogen-bond acceptors (Lipinski definition) is 2. The van der Waals surface area contributed by atoms with Crippen molar-refractivity contribution in [3.63, 3.8) is 0 Å². The maximum Gasteiger partial charge on any atom is 0.337 e. The van der Waals surface area contributed by atoms with E-state index in [-0.39, 0.29) is 6.04 Å². The Balaban J connectivity index is 2.25. The molecule has 3 heteroatoms. The molecule has 0 aliphatic rings. The van der Waals surface area contributed by atoms with E-state index in [4.69, 9.17) is 0 Å². The molecule has 3 nitrogen and oxygen atoms in total. The molecule has 0 aliphatic carbocycles. The van der Waals surface area contributed by atoms with Gasteiger partial charge in [0.25, 0.3) is 0 Å². The number of rotatable bonds is 4. The Morgan fingerprint density at radius 1 is 1.10 bits per heavy atom. The Hall–Kier alpha value is -2.29. The van der Waals surface area contributed by atoms with Crippen molar-refractivity contribution in [3.8, 4) is 0 Å². The van der Waals surface area contributed by atoms with Gasteiger partial charge >= 0.3 is 5.97 Å². The van der Waals surface area contributed by atoms with Crippen molar-refractivity contribution in [2.75, 3.05) is 5.32 Å². The molecule has 2 rings (SSSR count). The molecule has 0 radical (unpaired) electrons. The summed E-state index contributed by atoms with van der Waals surface area (Å²) in [6, 6.07) is 13.3. The Bertz CT molecular complexity index is 635. The first kappa shape index (κ1) is 14.1. The van der Waals surface area contributed by atoms with Crippen LogP contribution in [0.15, 0.2) is 42.5 Å². The first-order valence-corrected chi connectivity index (χ1v) is 6.65. The SMILES string of the molecule is Cc1ccc(C(C)Nc2ccccc2C(=O)O)cc1C. The molecule has 0 aliphatic heterocycles. The number of anilines is 1. The molecule has 0 spiro atoms. The molecular formula is C17H19NO2. The quantitative estimate of drug-likeness (QED) is 0.875. The monoisotopic (exact) mass is 269 g/mol. The fourth-order valence-electron chi connectivity index (χ4n) is 2.15. The summed E-state index contributed by atoms with van der Waals surface area (Å²) in [5, 5.41) is 12.5. The standard InChI is InChI=1S/C17H19NO2/c1-11-8-9-14(10-12(11)2)13(3)18-16-7-5-4-6-15(16)17(19)20/h4-10,13,18H,1-3H3,(H,19,20). The van der Waals surface area contributed by atoms with Crippen LogP contribution < -0.4 is 5.32 Å². The summed E-state index contributed by atoms with van der Waals surface area (Å²) >= 11 is 0. The van der Waals surface area contributed by atoms with Crippen LogP contribution in [0.1, 0.15) is 40.0 Å². The summed E-state index contributed by atoms with van der Waals surface area (Å²) in [6.45, 7) is 6.19. The molecule has 0 fully saturated rings. The van der Waals surface area contributed by atoms with Crippen LogP contribution in [-0.4, -0.2) is 11.1 Å². The lowest BCUT2D eigenvalue weighted by atomic mass is 10.0. The summed E-state index contributed by atoms with van der Waals surface area (Å²) in [5.74, 6) is -0.916. The van der Waals surface area contributed by atoms with Crippen LogP contribution in [0.25, 0.3) is 0 Å². The third-order valence-electron chi connectivity index (χ3n) is 3.56. The maximum absolute atomic E-state index is 11.2. The average molecular weight is 269 g/mol. The highest BCUT2D eigenvalue weighted by atomic mass is 16.4. The van der Waals surface area contributed by atoms with Gasteiger partial charge in [0.1, 0.15) is 0 Å². The van der Waals surface area contributed by atoms with Gasteiger partial charge in [0.2, 0.25) is 0 Å². The Morgan fingerprint density at radius 2 is 1.80 bits per heavy atom. The van der Waals surface area contributed by atoms with Gasteiger partial charge in [0.05, 0.1) is 5.56 Å². The zero-order chi connectivity index (χ0) is 14.7. The van der Waals surface area contributed by atoms with E-state index in [0.29, 0.717) is 11.3 Å². The van der Waals surface area contributed by atoms with Crippen molar-refractivity contribution in [1.29, 1.82) is 0 Å². The molecule has 20 heavy (non-hydrogen) atoms. The molecule has 104 valence electrons. The highest BCUT2D eigenvalue weighted by molar-refractivity contribution is 5.94. The number of nitrogens with one attached hydrogen (secondary N) is 1. The minimum atomic E-state index is -0.916. The molecule has 2 aromatic carbocycles. The third kappa shape index (κ3) is 2.99. The number of aromatic carboxylic acids is 1. The molecule has 1 atom stereocenters. The lowest BCUT2D eigenvalue weighted by Crippen LogP contribution is -2.10. The van der Waals surface area contributed by atoms with Crippen molar-refractivity contribution in [2.45, 2.75) is 26.8 Å².